The molecule has 0 fully saturated rings. The summed E-state index contributed by atoms with van der Waals surface area (Å²) in [5.74, 6) is -0.446. The van der Waals surface area contributed by atoms with Gasteiger partial charge in [-0.1, -0.05) is 60.7 Å². The zero-order valence-corrected chi connectivity index (χ0v) is 14.0. The maximum Gasteiger partial charge on any atom is 0.360 e. The Hall–Kier alpha value is -2.79. The second-order valence-corrected chi connectivity index (χ2v) is 5.75. The molecule has 0 atom stereocenters. The molecule has 24 heavy (non-hydrogen) atoms. The minimum absolute atomic E-state index is 0.256. The van der Waals surface area contributed by atoms with Gasteiger partial charge in [-0.25, -0.2) is 14.8 Å². The van der Waals surface area contributed by atoms with E-state index >= 15 is 0 Å². The van der Waals surface area contributed by atoms with E-state index in [1.54, 1.807) is 12.4 Å². The van der Waals surface area contributed by atoms with Crippen LogP contribution in [0.5, 0.6) is 0 Å². The summed E-state index contributed by atoms with van der Waals surface area (Å²) in [6, 6.07) is 19.8. The first kappa shape index (κ1) is 16.1. The zero-order chi connectivity index (χ0) is 16.8. The standard InChI is InChI=1S/C19H16N2O2S/c1-2-23-19(22)17-18(24-13-20-17)21-16(14-9-5-3-6-10-14)15-11-7-4-8-12-15/h3-13H,2H2,1H3. The van der Waals surface area contributed by atoms with Gasteiger partial charge < -0.3 is 4.74 Å². The number of hydrogen-bond acceptors (Lipinski definition) is 5. The van der Waals surface area contributed by atoms with Crippen molar-refractivity contribution in [2.45, 2.75) is 6.92 Å². The highest BCUT2D eigenvalue weighted by molar-refractivity contribution is 7.14. The SMILES string of the molecule is CCOC(=O)c1ncsc1N=C(c1ccccc1)c1ccccc1. The fourth-order valence-corrected chi connectivity index (χ4v) is 2.90. The average Bonchev–Trinajstić information content (AvgIpc) is 3.10. The topological polar surface area (TPSA) is 51.5 Å². The molecule has 0 saturated carbocycles. The number of aliphatic imine (C=N–C) groups is 1. The van der Waals surface area contributed by atoms with Gasteiger partial charge in [0.15, 0.2) is 10.7 Å². The first-order valence-electron chi connectivity index (χ1n) is 7.59. The molecule has 0 aliphatic heterocycles. The van der Waals surface area contributed by atoms with Crippen molar-refractivity contribution in [3.8, 4) is 0 Å². The molecule has 0 aliphatic rings. The van der Waals surface area contributed by atoms with Crippen LogP contribution in [0.25, 0.3) is 0 Å². The maximum atomic E-state index is 12.0. The summed E-state index contributed by atoms with van der Waals surface area (Å²) in [6.07, 6.45) is 0. The second kappa shape index (κ2) is 7.66. The third-order valence-electron chi connectivity index (χ3n) is 3.33. The lowest BCUT2D eigenvalue weighted by Crippen LogP contribution is -2.06. The number of thiazole rings is 1. The van der Waals surface area contributed by atoms with Crippen LogP contribution in [0.15, 0.2) is 71.2 Å². The van der Waals surface area contributed by atoms with Gasteiger partial charge in [0, 0.05) is 11.1 Å². The summed E-state index contributed by atoms with van der Waals surface area (Å²) < 4.78 is 5.06. The molecular weight excluding hydrogens is 320 g/mol. The van der Waals surface area contributed by atoms with Crippen molar-refractivity contribution < 1.29 is 9.53 Å². The van der Waals surface area contributed by atoms with Gasteiger partial charge in [0.1, 0.15) is 0 Å². The second-order valence-electron chi connectivity index (χ2n) is 4.92. The van der Waals surface area contributed by atoms with Crippen LogP contribution in [0.1, 0.15) is 28.5 Å². The van der Waals surface area contributed by atoms with E-state index < -0.39 is 5.97 Å². The minimum Gasteiger partial charge on any atom is -0.461 e. The van der Waals surface area contributed by atoms with E-state index in [1.807, 2.05) is 60.7 Å². The highest BCUT2D eigenvalue weighted by Gasteiger charge is 2.17. The molecule has 5 heteroatoms. The molecule has 1 heterocycles. The molecule has 2 aromatic carbocycles. The monoisotopic (exact) mass is 336 g/mol. The normalized spacial score (nSPS) is 10.2. The van der Waals surface area contributed by atoms with Crippen LogP contribution in [-0.4, -0.2) is 23.3 Å². The average molecular weight is 336 g/mol. The Morgan fingerprint density at radius 3 is 2.17 bits per heavy atom. The molecule has 3 rings (SSSR count). The van der Waals surface area contributed by atoms with Crippen molar-refractivity contribution in [2.75, 3.05) is 6.61 Å². The van der Waals surface area contributed by atoms with E-state index in [4.69, 9.17) is 9.73 Å². The Bertz CT molecular complexity index is 801. The third kappa shape index (κ3) is 3.58. The molecule has 0 bridgehead atoms. The van der Waals surface area contributed by atoms with Crippen molar-refractivity contribution in [2.24, 2.45) is 4.99 Å². The number of rotatable bonds is 5. The van der Waals surface area contributed by atoms with E-state index in [2.05, 4.69) is 4.98 Å². The largest absolute Gasteiger partial charge is 0.461 e. The molecule has 120 valence electrons. The molecule has 0 N–H and O–H groups in total. The molecule has 0 saturated heterocycles. The van der Waals surface area contributed by atoms with Crippen LogP contribution >= 0.6 is 11.3 Å². The van der Waals surface area contributed by atoms with Crippen molar-refractivity contribution in [1.29, 1.82) is 0 Å². The van der Waals surface area contributed by atoms with Crippen molar-refractivity contribution >= 4 is 28.0 Å². The number of esters is 1. The van der Waals surface area contributed by atoms with Crippen LogP contribution in [-0.2, 0) is 4.74 Å². The molecule has 0 spiro atoms. The van der Waals surface area contributed by atoms with Crippen molar-refractivity contribution in [3.05, 3.63) is 83.0 Å². The van der Waals surface area contributed by atoms with E-state index in [0.29, 0.717) is 11.6 Å². The first-order chi connectivity index (χ1) is 11.8. The van der Waals surface area contributed by atoms with Gasteiger partial charge in [-0.05, 0) is 6.92 Å². The lowest BCUT2D eigenvalue weighted by atomic mass is 10.0. The summed E-state index contributed by atoms with van der Waals surface area (Å²) in [4.78, 5) is 20.9. The van der Waals surface area contributed by atoms with Gasteiger partial charge >= 0.3 is 5.97 Å². The van der Waals surface area contributed by atoms with Crippen LogP contribution in [0.3, 0.4) is 0 Å². The van der Waals surface area contributed by atoms with Crippen LogP contribution in [0.4, 0.5) is 5.00 Å². The maximum absolute atomic E-state index is 12.0. The Labute approximate surface area is 144 Å². The number of benzene rings is 2. The lowest BCUT2D eigenvalue weighted by Gasteiger charge is -2.07. The molecule has 0 aliphatic carbocycles. The zero-order valence-electron chi connectivity index (χ0n) is 13.2. The van der Waals surface area contributed by atoms with Crippen LogP contribution < -0.4 is 0 Å². The Kier molecular flexibility index (Phi) is 5.13. The Balaban J connectivity index is 2.09. The summed E-state index contributed by atoms with van der Waals surface area (Å²) in [5, 5.41) is 0.552. The third-order valence-corrected chi connectivity index (χ3v) is 4.04. The smallest absolute Gasteiger partial charge is 0.360 e. The Morgan fingerprint density at radius 2 is 1.62 bits per heavy atom. The number of carbonyl (C=O) groups excluding carboxylic acids is 1. The molecule has 3 aromatic rings. The Morgan fingerprint density at radius 1 is 1.04 bits per heavy atom. The van der Waals surface area contributed by atoms with E-state index in [9.17, 15) is 4.79 Å². The number of nitrogens with zero attached hydrogens (tertiary/aromatic N) is 2. The highest BCUT2D eigenvalue weighted by atomic mass is 32.1. The molecule has 0 unspecified atom stereocenters. The number of carbonyl (C=O) groups is 1. The fourth-order valence-electron chi connectivity index (χ4n) is 2.25. The van der Waals surface area contributed by atoms with Gasteiger partial charge in [0.05, 0.1) is 17.8 Å². The summed E-state index contributed by atoms with van der Waals surface area (Å²) in [6.45, 7) is 2.08. The van der Waals surface area contributed by atoms with Crippen molar-refractivity contribution in [3.63, 3.8) is 0 Å². The summed E-state index contributed by atoms with van der Waals surface area (Å²) in [5.41, 5.74) is 4.62. The van der Waals surface area contributed by atoms with E-state index in [0.717, 1.165) is 16.8 Å². The van der Waals surface area contributed by atoms with E-state index in [-0.39, 0.29) is 5.69 Å². The van der Waals surface area contributed by atoms with Gasteiger partial charge in [-0.2, -0.15) is 0 Å². The van der Waals surface area contributed by atoms with E-state index in [1.165, 1.54) is 11.3 Å². The number of ether oxygens (including phenoxy) is 1. The molecule has 0 radical (unpaired) electrons. The summed E-state index contributed by atoms with van der Waals surface area (Å²) in [7, 11) is 0. The molecule has 0 amide bonds. The first-order valence-corrected chi connectivity index (χ1v) is 8.47. The fraction of sp³-hybridized carbons (Fsp3) is 0.105. The quantitative estimate of drug-likeness (QED) is 0.509. The van der Waals surface area contributed by atoms with Crippen LogP contribution in [0, 0.1) is 0 Å². The van der Waals surface area contributed by atoms with Gasteiger partial charge in [-0.15, -0.1) is 11.3 Å². The number of aromatic nitrogens is 1. The van der Waals surface area contributed by atoms with Gasteiger partial charge in [-0.3, -0.25) is 0 Å². The van der Waals surface area contributed by atoms with Crippen LogP contribution in [0.2, 0.25) is 0 Å². The molecule has 1 aromatic heterocycles. The lowest BCUT2D eigenvalue weighted by molar-refractivity contribution is 0.0521. The predicted octanol–water partition coefficient (Wildman–Crippen LogP) is 4.49. The van der Waals surface area contributed by atoms with Gasteiger partial charge in [0.2, 0.25) is 0 Å². The predicted molar refractivity (Wildman–Crippen MR) is 96.3 cm³/mol. The molecular formula is C19H16N2O2S. The minimum atomic E-state index is -0.446. The summed E-state index contributed by atoms with van der Waals surface area (Å²) >= 11 is 1.32. The highest BCUT2D eigenvalue weighted by Crippen LogP contribution is 2.27. The number of hydrogen-bond donors (Lipinski definition) is 0. The van der Waals surface area contributed by atoms with Gasteiger partial charge in [0.25, 0.3) is 0 Å². The van der Waals surface area contributed by atoms with Crippen molar-refractivity contribution in [1.82, 2.24) is 4.98 Å². The molecule has 4 nitrogen and oxygen atoms in total.